The lowest BCUT2D eigenvalue weighted by Crippen LogP contribution is -2.37. The van der Waals surface area contributed by atoms with Crippen molar-refractivity contribution in [1.82, 2.24) is 10.3 Å². The topological polar surface area (TPSA) is 142 Å². The quantitative estimate of drug-likeness (QED) is 0.121. The fourth-order valence-corrected chi connectivity index (χ4v) is 6.03. The molecule has 0 spiro atoms. The molecule has 2 heterocycles. The molecule has 0 aliphatic heterocycles. The van der Waals surface area contributed by atoms with Gasteiger partial charge in [0.05, 0.1) is 27.4 Å². The third-order valence-electron chi connectivity index (χ3n) is 6.85. The van der Waals surface area contributed by atoms with E-state index in [-0.39, 0.29) is 64.9 Å². The second-order valence-corrected chi connectivity index (χ2v) is 12.1. The Kier molecular flexibility index (Phi) is 9.33. The highest BCUT2D eigenvalue weighted by atomic mass is 32.1. The van der Waals surface area contributed by atoms with Gasteiger partial charge in [-0.1, -0.05) is 19.9 Å². The number of pyridine rings is 1. The predicted molar refractivity (Wildman–Crippen MR) is 155 cm³/mol. The molecule has 2 amide bonds. The van der Waals surface area contributed by atoms with E-state index in [0.29, 0.717) is 22.6 Å². The lowest BCUT2D eigenvalue weighted by molar-refractivity contribution is -0.109. The fraction of sp³-hybridized carbons (Fsp3) is 0.367. The largest absolute Gasteiger partial charge is 0.425 e. The zero-order chi connectivity index (χ0) is 31.6. The van der Waals surface area contributed by atoms with Gasteiger partial charge in [-0.2, -0.15) is 0 Å². The fourth-order valence-electron chi connectivity index (χ4n) is 5.05. The number of nitrogens with zero attached hydrogens (tertiary/aromatic N) is 1. The van der Waals surface area contributed by atoms with Crippen LogP contribution >= 0.6 is 11.3 Å². The highest BCUT2D eigenvalue weighted by Gasteiger charge is 2.45. The number of nitrogens with one attached hydrogen (secondary N) is 3. The molecule has 228 valence electrons. The first-order valence-corrected chi connectivity index (χ1v) is 14.3. The normalized spacial score (nSPS) is 14.3. The smallest absolute Gasteiger partial charge is 0.261 e. The third kappa shape index (κ3) is 7.45. The van der Waals surface area contributed by atoms with Gasteiger partial charge in [-0.15, -0.1) is 11.3 Å². The number of primary amides is 1. The molecule has 1 aromatic carbocycles. The maximum Gasteiger partial charge on any atom is 0.261 e. The Morgan fingerprint density at radius 2 is 1.81 bits per heavy atom. The summed E-state index contributed by atoms with van der Waals surface area (Å²) in [5.41, 5.74) is 7.03. The first-order chi connectivity index (χ1) is 20.1. The van der Waals surface area contributed by atoms with E-state index in [2.05, 4.69) is 10.3 Å². The summed E-state index contributed by atoms with van der Waals surface area (Å²) in [7, 11) is 0. The van der Waals surface area contributed by atoms with Crippen LogP contribution in [0.15, 0.2) is 30.3 Å². The summed E-state index contributed by atoms with van der Waals surface area (Å²) >= 11 is 0.984. The number of ether oxygens (including phenoxy) is 1. The molecule has 0 atom stereocenters. The van der Waals surface area contributed by atoms with Crippen LogP contribution in [-0.4, -0.2) is 34.5 Å². The SMILES string of the molecule is CC(=N)OC(=N)c1c(CC2CC(F)(F)C2)nc(CC(C)C)c(C(N)=O)c1-c1ccc(C(=O)NCc2ccc(F)c(F)c2)s1. The number of hydrogen-bond acceptors (Lipinski definition) is 7. The van der Waals surface area contributed by atoms with Gasteiger partial charge in [0, 0.05) is 36.8 Å². The Balaban J connectivity index is 1.80. The Labute approximate surface area is 249 Å². The first kappa shape index (κ1) is 31.8. The molecule has 3 aromatic rings. The van der Waals surface area contributed by atoms with Crippen molar-refractivity contribution in [3.05, 3.63) is 74.9 Å². The summed E-state index contributed by atoms with van der Waals surface area (Å²) in [6, 6.07) is 6.34. The van der Waals surface area contributed by atoms with Crippen LogP contribution < -0.4 is 11.1 Å². The van der Waals surface area contributed by atoms with E-state index in [4.69, 9.17) is 21.3 Å². The van der Waals surface area contributed by atoms with Gasteiger partial charge in [0.15, 0.2) is 17.5 Å². The van der Waals surface area contributed by atoms with E-state index in [9.17, 15) is 27.2 Å². The third-order valence-corrected chi connectivity index (χ3v) is 7.95. The summed E-state index contributed by atoms with van der Waals surface area (Å²) in [6.45, 7) is 5.06. The van der Waals surface area contributed by atoms with E-state index >= 15 is 0 Å². The maximum absolute atomic E-state index is 13.7. The molecule has 0 bridgehead atoms. The van der Waals surface area contributed by atoms with Gasteiger partial charge in [-0.05, 0) is 54.5 Å². The molecule has 4 rings (SSSR count). The molecule has 13 heteroatoms. The van der Waals surface area contributed by atoms with Crippen LogP contribution in [-0.2, 0) is 24.1 Å². The van der Waals surface area contributed by atoms with Crippen molar-refractivity contribution < 1.29 is 31.9 Å². The molecule has 0 saturated heterocycles. The van der Waals surface area contributed by atoms with Crippen molar-refractivity contribution in [2.24, 2.45) is 17.6 Å². The van der Waals surface area contributed by atoms with E-state index < -0.39 is 41.2 Å². The van der Waals surface area contributed by atoms with Gasteiger partial charge in [-0.3, -0.25) is 25.4 Å². The number of benzene rings is 1. The number of hydrogen-bond donors (Lipinski definition) is 4. The standard InChI is InChI=1S/C30H31F4N5O3S/c1-14(2)8-20-24(27(36)40)26(25(28(37)42-15(3)35)21(39-20)10-17-11-30(33,34)12-17)22-6-7-23(43-22)29(41)38-13-16-4-5-18(31)19(32)9-16/h4-7,9,14,17,35,37H,8,10-13H2,1-3H3,(H2,36,40)(H,38,41). The van der Waals surface area contributed by atoms with Crippen molar-refractivity contribution in [3.63, 3.8) is 0 Å². The summed E-state index contributed by atoms with van der Waals surface area (Å²) in [5.74, 6) is -7.41. The van der Waals surface area contributed by atoms with E-state index in [0.717, 1.165) is 23.5 Å². The Morgan fingerprint density at radius 1 is 1.12 bits per heavy atom. The minimum atomic E-state index is -2.78. The van der Waals surface area contributed by atoms with Crippen LogP contribution in [0.5, 0.6) is 0 Å². The number of amides is 2. The minimum Gasteiger partial charge on any atom is -0.425 e. The summed E-state index contributed by atoms with van der Waals surface area (Å²) < 4.78 is 59.6. The number of nitrogens with two attached hydrogens (primary N) is 1. The van der Waals surface area contributed by atoms with Crippen LogP contribution in [0.1, 0.15) is 76.2 Å². The number of carbonyl (C=O) groups excluding carboxylic acids is 2. The number of alkyl halides is 2. The van der Waals surface area contributed by atoms with Crippen molar-refractivity contribution in [1.29, 1.82) is 10.8 Å². The van der Waals surface area contributed by atoms with Gasteiger partial charge >= 0.3 is 0 Å². The van der Waals surface area contributed by atoms with Crippen LogP contribution in [0.4, 0.5) is 17.6 Å². The Bertz CT molecular complexity index is 1600. The zero-order valence-corrected chi connectivity index (χ0v) is 24.6. The summed E-state index contributed by atoms with van der Waals surface area (Å²) in [4.78, 5) is 31.2. The maximum atomic E-state index is 13.7. The average Bonchev–Trinajstić information content (AvgIpc) is 3.37. The number of halogens is 4. The minimum absolute atomic E-state index is 0.0120. The number of aromatic nitrogens is 1. The van der Waals surface area contributed by atoms with Crippen LogP contribution in [0.2, 0.25) is 0 Å². The number of rotatable bonds is 10. The molecule has 1 saturated carbocycles. The highest BCUT2D eigenvalue weighted by Crippen LogP contribution is 2.45. The molecular formula is C30H31F4N5O3S. The van der Waals surface area contributed by atoms with Crippen LogP contribution in [0, 0.1) is 34.3 Å². The van der Waals surface area contributed by atoms with Crippen molar-refractivity contribution in [2.75, 3.05) is 0 Å². The predicted octanol–water partition coefficient (Wildman–Crippen LogP) is 6.24. The monoisotopic (exact) mass is 617 g/mol. The van der Waals surface area contributed by atoms with Crippen molar-refractivity contribution >= 4 is 34.9 Å². The second-order valence-electron chi connectivity index (χ2n) is 11.0. The van der Waals surface area contributed by atoms with Crippen LogP contribution in [0.25, 0.3) is 10.4 Å². The molecule has 1 fully saturated rings. The van der Waals surface area contributed by atoms with Crippen molar-refractivity contribution in [2.45, 2.75) is 58.9 Å². The summed E-state index contributed by atoms with van der Waals surface area (Å²) in [5, 5.41) is 19.1. The van der Waals surface area contributed by atoms with E-state index in [1.165, 1.54) is 19.1 Å². The Hall–Kier alpha value is -4.13. The van der Waals surface area contributed by atoms with Gasteiger partial charge < -0.3 is 15.8 Å². The Morgan fingerprint density at radius 3 is 2.40 bits per heavy atom. The van der Waals surface area contributed by atoms with Gasteiger partial charge in [0.2, 0.25) is 11.8 Å². The van der Waals surface area contributed by atoms with Gasteiger partial charge in [-0.25, -0.2) is 17.6 Å². The molecule has 1 aliphatic rings. The summed E-state index contributed by atoms with van der Waals surface area (Å²) in [6.07, 6.45) is -0.291. The molecule has 0 radical (unpaired) electrons. The van der Waals surface area contributed by atoms with Crippen molar-refractivity contribution in [3.8, 4) is 10.4 Å². The van der Waals surface area contributed by atoms with Gasteiger partial charge in [0.1, 0.15) is 0 Å². The molecule has 0 unspecified atom stereocenters. The lowest BCUT2D eigenvalue weighted by atomic mass is 9.77. The molecule has 2 aromatic heterocycles. The second kappa shape index (κ2) is 12.6. The zero-order valence-electron chi connectivity index (χ0n) is 23.7. The lowest BCUT2D eigenvalue weighted by Gasteiger charge is -2.35. The molecular weight excluding hydrogens is 586 g/mol. The molecule has 8 nitrogen and oxygen atoms in total. The number of carbonyl (C=O) groups is 2. The highest BCUT2D eigenvalue weighted by molar-refractivity contribution is 7.17. The average molecular weight is 618 g/mol. The van der Waals surface area contributed by atoms with E-state index in [1.54, 1.807) is 6.07 Å². The molecule has 43 heavy (non-hydrogen) atoms. The van der Waals surface area contributed by atoms with Crippen LogP contribution in [0.3, 0.4) is 0 Å². The molecule has 1 aliphatic carbocycles. The van der Waals surface area contributed by atoms with Gasteiger partial charge in [0.25, 0.3) is 11.8 Å². The first-order valence-electron chi connectivity index (χ1n) is 13.5. The number of thiophene rings is 1. The van der Waals surface area contributed by atoms with E-state index in [1.807, 2.05) is 13.8 Å². The molecule has 5 N–H and O–H groups in total.